The first kappa shape index (κ1) is 14.1. The zero-order valence-electron chi connectivity index (χ0n) is 9.52. The molecule has 0 saturated heterocycles. The van der Waals surface area contributed by atoms with Crippen LogP contribution in [-0.4, -0.2) is 17.3 Å². The van der Waals surface area contributed by atoms with Gasteiger partial charge in [-0.1, -0.05) is 15.9 Å². The monoisotopic (exact) mass is 301 g/mol. The molecule has 0 radical (unpaired) electrons. The molecule has 3 atom stereocenters. The predicted octanol–water partition coefficient (Wildman–Crippen LogP) is 2.94. The van der Waals surface area contributed by atoms with E-state index in [0.717, 1.165) is 0 Å². The van der Waals surface area contributed by atoms with Crippen LogP contribution in [0.25, 0.3) is 0 Å². The maximum atomic E-state index is 13.5. The number of aliphatic hydroxyl groups excluding tert-OH is 1. The third kappa shape index (κ3) is 3.77. The molecule has 0 aliphatic heterocycles. The molecule has 0 saturated carbocycles. The van der Waals surface area contributed by atoms with Gasteiger partial charge in [-0.15, -0.1) is 0 Å². The maximum absolute atomic E-state index is 13.5. The lowest BCUT2D eigenvalue weighted by Gasteiger charge is -2.20. The van der Waals surface area contributed by atoms with E-state index in [1.54, 1.807) is 19.9 Å². The first-order valence-electron chi connectivity index (χ1n) is 5.13. The molecule has 1 N–H and O–H groups in total. The minimum atomic E-state index is -1.03. The molecule has 0 aliphatic carbocycles. The van der Waals surface area contributed by atoms with Gasteiger partial charge in [-0.2, -0.15) is 5.26 Å². The third-order valence-electron chi connectivity index (χ3n) is 2.39. The Bertz CT molecular complexity index is 431. The van der Waals surface area contributed by atoms with Crippen LogP contribution >= 0.6 is 15.9 Å². The average molecular weight is 302 g/mol. The first-order valence-corrected chi connectivity index (χ1v) is 5.93. The van der Waals surface area contributed by atoms with E-state index >= 15 is 0 Å². The summed E-state index contributed by atoms with van der Waals surface area (Å²) in [4.78, 5) is 0. The van der Waals surface area contributed by atoms with Crippen molar-refractivity contribution in [3.05, 3.63) is 34.1 Å². The van der Waals surface area contributed by atoms with Gasteiger partial charge >= 0.3 is 0 Å². The number of hydrogen-bond donors (Lipinski definition) is 1. The van der Waals surface area contributed by atoms with Gasteiger partial charge in [0.1, 0.15) is 5.82 Å². The van der Waals surface area contributed by atoms with Gasteiger partial charge < -0.3 is 9.84 Å². The Labute approximate surface area is 108 Å². The van der Waals surface area contributed by atoms with Crippen LogP contribution in [0, 0.1) is 17.1 Å². The summed E-state index contributed by atoms with van der Waals surface area (Å²) in [5.74, 6) is -0.502. The van der Waals surface area contributed by atoms with Crippen LogP contribution in [0.1, 0.15) is 25.5 Å². The minimum Gasteiger partial charge on any atom is -0.391 e. The van der Waals surface area contributed by atoms with Crippen molar-refractivity contribution in [3.63, 3.8) is 0 Å². The van der Waals surface area contributed by atoms with Crippen LogP contribution in [0.2, 0.25) is 0 Å². The molecule has 0 aromatic heterocycles. The fraction of sp³-hybridized carbons (Fsp3) is 0.417. The molecule has 0 amide bonds. The van der Waals surface area contributed by atoms with Gasteiger partial charge in [0.05, 0.1) is 18.3 Å². The standard InChI is InChI=1S/C12H13BrFNO2/c1-7(16)8(2)17-12(6-15)10-5-9(13)3-4-11(10)14/h3-5,7-8,12,16H,1-2H3. The highest BCUT2D eigenvalue weighted by atomic mass is 79.9. The van der Waals surface area contributed by atoms with Crippen molar-refractivity contribution < 1.29 is 14.2 Å². The van der Waals surface area contributed by atoms with Crippen molar-refractivity contribution in [1.29, 1.82) is 5.26 Å². The molecule has 5 heteroatoms. The molecule has 3 unspecified atom stereocenters. The van der Waals surface area contributed by atoms with Crippen LogP contribution in [0.5, 0.6) is 0 Å². The number of hydrogen-bond acceptors (Lipinski definition) is 3. The Morgan fingerprint density at radius 1 is 1.47 bits per heavy atom. The zero-order valence-corrected chi connectivity index (χ0v) is 11.1. The molecule has 0 fully saturated rings. The van der Waals surface area contributed by atoms with E-state index in [1.807, 2.05) is 6.07 Å². The summed E-state index contributed by atoms with van der Waals surface area (Å²) in [6.45, 7) is 3.18. The molecule has 92 valence electrons. The summed E-state index contributed by atoms with van der Waals surface area (Å²) in [6.07, 6.45) is -2.30. The zero-order chi connectivity index (χ0) is 13.0. The van der Waals surface area contributed by atoms with Crippen LogP contribution < -0.4 is 0 Å². The number of nitriles is 1. The van der Waals surface area contributed by atoms with Gasteiger partial charge in [0.15, 0.2) is 6.10 Å². The second-order valence-electron chi connectivity index (χ2n) is 3.76. The van der Waals surface area contributed by atoms with Crippen molar-refractivity contribution in [3.8, 4) is 6.07 Å². The smallest absolute Gasteiger partial charge is 0.172 e. The van der Waals surface area contributed by atoms with Crippen LogP contribution in [0.3, 0.4) is 0 Å². The van der Waals surface area contributed by atoms with E-state index in [-0.39, 0.29) is 5.56 Å². The van der Waals surface area contributed by atoms with E-state index in [4.69, 9.17) is 10.00 Å². The van der Waals surface area contributed by atoms with Gasteiger partial charge in [-0.25, -0.2) is 4.39 Å². The molecule has 17 heavy (non-hydrogen) atoms. The highest BCUT2D eigenvalue weighted by Gasteiger charge is 2.21. The number of aliphatic hydroxyl groups is 1. The summed E-state index contributed by atoms with van der Waals surface area (Å²) in [6, 6.07) is 6.19. The molecular weight excluding hydrogens is 289 g/mol. The SMILES string of the molecule is CC(O)C(C)OC(C#N)c1cc(Br)ccc1F. The van der Waals surface area contributed by atoms with Gasteiger partial charge in [-0.05, 0) is 32.0 Å². The maximum Gasteiger partial charge on any atom is 0.172 e. The van der Waals surface area contributed by atoms with Crippen molar-refractivity contribution in [2.75, 3.05) is 0 Å². The first-order chi connectivity index (χ1) is 7.95. The van der Waals surface area contributed by atoms with Crippen molar-refractivity contribution in [1.82, 2.24) is 0 Å². The number of nitrogens with zero attached hydrogens (tertiary/aromatic N) is 1. The number of benzene rings is 1. The molecule has 3 nitrogen and oxygen atoms in total. The minimum absolute atomic E-state index is 0.161. The number of ether oxygens (including phenoxy) is 1. The molecule has 0 heterocycles. The predicted molar refractivity (Wildman–Crippen MR) is 64.7 cm³/mol. The van der Waals surface area contributed by atoms with E-state index in [2.05, 4.69) is 15.9 Å². The summed E-state index contributed by atoms with van der Waals surface area (Å²) in [5.41, 5.74) is 0.161. The summed E-state index contributed by atoms with van der Waals surface area (Å²) >= 11 is 3.21. The van der Waals surface area contributed by atoms with Gasteiger partial charge in [0.25, 0.3) is 0 Å². The summed E-state index contributed by atoms with van der Waals surface area (Å²) in [5, 5.41) is 18.3. The quantitative estimate of drug-likeness (QED) is 0.930. The Kier molecular flexibility index (Phi) is 5.06. The Morgan fingerprint density at radius 3 is 2.65 bits per heavy atom. The number of rotatable bonds is 4. The fourth-order valence-electron chi connectivity index (χ4n) is 1.22. The molecular formula is C12H13BrFNO2. The average Bonchev–Trinajstić information content (AvgIpc) is 2.29. The van der Waals surface area contributed by atoms with Crippen LogP contribution in [-0.2, 0) is 4.74 Å². The second kappa shape index (κ2) is 6.10. The Hall–Kier alpha value is -0.960. The highest BCUT2D eigenvalue weighted by molar-refractivity contribution is 9.10. The molecule has 1 aromatic carbocycles. The normalized spacial score (nSPS) is 16.0. The largest absolute Gasteiger partial charge is 0.391 e. The van der Waals surface area contributed by atoms with E-state index in [0.29, 0.717) is 4.47 Å². The molecule has 0 bridgehead atoms. The lowest BCUT2D eigenvalue weighted by Crippen LogP contribution is -2.24. The number of halogens is 2. The molecule has 1 rings (SSSR count). The van der Waals surface area contributed by atoms with E-state index < -0.39 is 24.1 Å². The van der Waals surface area contributed by atoms with E-state index in [1.165, 1.54) is 12.1 Å². The molecule has 0 spiro atoms. The fourth-order valence-corrected chi connectivity index (χ4v) is 1.60. The van der Waals surface area contributed by atoms with Crippen LogP contribution in [0.15, 0.2) is 22.7 Å². The second-order valence-corrected chi connectivity index (χ2v) is 4.67. The van der Waals surface area contributed by atoms with Gasteiger partial charge in [0.2, 0.25) is 0 Å². The lowest BCUT2D eigenvalue weighted by atomic mass is 10.1. The summed E-state index contributed by atoms with van der Waals surface area (Å²) < 4.78 is 19.5. The van der Waals surface area contributed by atoms with Gasteiger partial charge in [-0.3, -0.25) is 0 Å². The Morgan fingerprint density at radius 2 is 2.12 bits per heavy atom. The topological polar surface area (TPSA) is 53.2 Å². The van der Waals surface area contributed by atoms with Crippen molar-refractivity contribution in [2.24, 2.45) is 0 Å². The van der Waals surface area contributed by atoms with Gasteiger partial charge in [0, 0.05) is 10.0 Å². The molecule has 1 aromatic rings. The third-order valence-corrected chi connectivity index (χ3v) is 2.88. The highest BCUT2D eigenvalue weighted by Crippen LogP contribution is 2.25. The van der Waals surface area contributed by atoms with Crippen molar-refractivity contribution in [2.45, 2.75) is 32.2 Å². The Balaban J connectivity index is 2.95. The van der Waals surface area contributed by atoms with Crippen LogP contribution in [0.4, 0.5) is 4.39 Å². The van der Waals surface area contributed by atoms with E-state index in [9.17, 15) is 9.50 Å². The van der Waals surface area contributed by atoms with Crippen molar-refractivity contribution >= 4 is 15.9 Å². The lowest BCUT2D eigenvalue weighted by molar-refractivity contribution is -0.0435. The summed E-state index contributed by atoms with van der Waals surface area (Å²) in [7, 11) is 0. The molecule has 0 aliphatic rings.